The molecule has 0 saturated carbocycles. The maximum Gasteiger partial charge on any atom is 0.343 e. The van der Waals surface area contributed by atoms with Crippen molar-refractivity contribution in [1.82, 2.24) is 0 Å². The summed E-state index contributed by atoms with van der Waals surface area (Å²) in [5.41, 5.74) is 4.31. The van der Waals surface area contributed by atoms with E-state index in [1.807, 2.05) is 32.9 Å². The van der Waals surface area contributed by atoms with Crippen LogP contribution in [0.2, 0.25) is 0 Å². The molecule has 226 valence electrons. The molecule has 42 heavy (non-hydrogen) atoms. The Kier molecular flexibility index (Phi) is 10.5. The summed E-state index contributed by atoms with van der Waals surface area (Å²) in [4.78, 5) is 26.2. The molecule has 1 unspecified atom stereocenters. The molecular weight excluding hydrogens is 520 g/mol. The van der Waals surface area contributed by atoms with Gasteiger partial charge in [-0.15, -0.1) is 0 Å². The van der Waals surface area contributed by atoms with Gasteiger partial charge in [0.25, 0.3) is 0 Å². The maximum absolute atomic E-state index is 13.1. The molecular formula is C38H50O4. The van der Waals surface area contributed by atoms with Crippen LogP contribution in [0.1, 0.15) is 130 Å². The lowest BCUT2D eigenvalue weighted by Crippen LogP contribution is -2.31. The van der Waals surface area contributed by atoms with Crippen LogP contribution in [0.4, 0.5) is 0 Å². The zero-order chi connectivity index (χ0) is 31.3. The van der Waals surface area contributed by atoms with E-state index in [0.29, 0.717) is 16.9 Å². The number of aryl methyl sites for hydroxylation is 2. The highest BCUT2D eigenvalue weighted by molar-refractivity contribution is 6.02. The first-order valence-electron chi connectivity index (χ1n) is 15.5. The van der Waals surface area contributed by atoms with Gasteiger partial charge in [0.1, 0.15) is 17.1 Å². The van der Waals surface area contributed by atoms with E-state index in [0.717, 1.165) is 54.5 Å². The first kappa shape index (κ1) is 33.1. The van der Waals surface area contributed by atoms with E-state index in [1.165, 1.54) is 5.56 Å². The van der Waals surface area contributed by atoms with E-state index in [-0.39, 0.29) is 16.8 Å². The molecule has 0 spiro atoms. The molecule has 0 aliphatic carbocycles. The predicted octanol–water partition coefficient (Wildman–Crippen LogP) is 10.2. The molecule has 4 heteroatoms. The average Bonchev–Trinajstić information content (AvgIpc) is 2.94. The highest BCUT2D eigenvalue weighted by Gasteiger charge is 2.29. The van der Waals surface area contributed by atoms with Gasteiger partial charge in [0, 0.05) is 16.4 Å². The van der Waals surface area contributed by atoms with Crippen LogP contribution < -0.4 is 9.47 Å². The normalized spacial score (nSPS) is 13.4. The Morgan fingerprint density at radius 1 is 0.690 bits per heavy atom. The third kappa shape index (κ3) is 7.51. The van der Waals surface area contributed by atoms with Crippen molar-refractivity contribution in [2.24, 2.45) is 5.41 Å². The minimum absolute atomic E-state index is 0.0388. The topological polar surface area (TPSA) is 52.6 Å². The van der Waals surface area contributed by atoms with Crippen LogP contribution in [-0.2, 0) is 5.41 Å². The lowest BCUT2D eigenvalue weighted by molar-refractivity contribution is 0.0727. The Morgan fingerprint density at radius 3 is 1.76 bits per heavy atom. The molecule has 0 N–H and O–H groups in total. The summed E-state index contributed by atoms with van der Waals surface area (Å²) in [5, 5.41) is 0. The molecule has 3 rings (SSSR count). The van der Waals surface area contributed by atoms with E-state index in [1.54, 1.807) is 24.3 Å². The van der Waals surface area contributed by atoms with Crippen molar-refractivity contribution in [3.05, 3.63) is 94.0 Å². The second-order valence-corrected chi connectivity index (χ2v) is 13.2. The number of Topliss-reactive ketones (excluding diaryl/α,β-unsaturated/α-hetero) is 1. The quantitative estimate of drug-likeness (QED) is 0.117. The lowest BCUT2D eigenvalue weighted by atomic mass is 9.77. The van der Waals surface area contributed by atoms with E-state index in [2.05, 4.69) is 72.7 Å². The Bertz CT molecular complexity index is 1410. The van der Waals surface area contributed by atoms with Gasteiger partial charge in [0.05, 0.1) is 5.56 Å². The van der Waals surface area contributed by atoms with E-state index in [4.69, 9.17) is 9.47 Å². The molecule has 0 saturated heterocycles. The van der Waals surface area contributed by atoms with Crippen molar-refractivity contribution in [3.63, 3.8) is 0 Å². The fourth-order valence-corrected chi connectivity index (χ4v) is 5.64. The van der Waals surface area contributed by atoms with Crippen LogP contribution >= 0.6 is 0 Å². The Labute approximate surface area is 253 Å². The van der Waals surface area contributed by atoms with Gasteiger partial charge in [-0.25, -0.2) is 4.79 Å². The first-order chi connectivity index (χ1) is 19.7. The minimum Gasteiger partial charge on any atom is -0.487 e. The summed E-state index contributed by atoms with van der Waals surface area (Å²) in [6.07, 6.45) is 4.78. The van der Waals surface area contributed by atoms with E-state index >= 15 is 0 Å². The van der Waals surface area contributed by atoms with Crippen LogP contribution in [0.3, 0.4) is 0 Å². The van der Waals surface area contributed by atoms with E-state index in [9.17, 15) is 9.59 Å². The third-order valence-electron chi connectivity index (χ3n) is 8.73. The molecule has 0 aromatic heterocycles. The number of ether oxygens (including phenoxy) is 2. The van der Waals surface area contributed by atoms with Crippen LogP contribution in [0.25, 0.3) is 0 Å². The number of ketones is 1. The SMILES string of the molecule is CCCC(C)(CC)Oc1ccc(C(C)(C)c2ccc(OC(=O)c3cccc(C(=O)C(C)(C)CCC)c3)c(C)c2)cc1C. The molecule has 0 bridgehead atoms. The standard InChI is InChI=1S/C38H50O4/c1-11-21-36(6,7)34(39)28-15-14-16-29(25-28)35(40)41-32-19-17-30(23-26(32)4)37(8,9)31-18-20-33(27(5)24-31)42-38(10,13-3)22-12-2/h14-20,23-25H,11-13,21-22H2,1-10H3. The summed E-state index contributed by atoms with van der Waals surface area (Å²) in [6.45, 7) is 21.0. The fourth-order valence-electron chi connectivity index (χ4n) is 5.64. The van der Waals surface area contributed by atoms with Gasteiger partial charge in [-0.3, -0.25) is 4.79 Å². The van der Waals surface area contributed by atoms with Crippen LogP contribution in [0.15, 0.2) is 60.7 Å². The van der Waals surface area contributed by atoms with Crippen LogP contribution in [-0.4, -0.2) is 17.4 Å². The average molecular weight is 571 g/mol. The maximum atomic E-state index is 13.1. The van der Waals surface area contributed by atoms with Gasteiger partial charge in [0.15, 0.2) is 5.78 Å². The summed E-state index contributed by atoms with van der Waals surface area (Å²) in [7, 11) is 0. The van der Waals surface area contributed by atoms with Gasteiger partial charge in [-0.05, 0) is 86.6 Å². The highest BCUT2D eigenvalue weighted by atomic mass is 16.5. The van der Waals surface area contributed by atoms with Crippen molar-refractivity contribution in [3.8, 4) is 11.5 Å². The number of hydrogen-bond donors (Lipinski definition) is 0. The van der Waals surface area contributed by atoms with Crippen molar-refractivity contribution in [2.75, 3.05) is 0 Å². The molecule has 0 aliphatic heterocycles. The van der Waals surface area contributed by atoms with Gasteiger partial charge < -0.3 is 9.47 Å². The van der Waals surface area contributed by atoms with Gasteiger partial charge in [0.2, 0.25) is 0 Å². The predicted molar refractivity (Wildman–Crippen MR) is 173 cm³/mol. The minimum atomic E-state index is -0.479. The van der Waals surface area contributed by atoms with Gasteiger partial charge in [-0.1, -0.05) is 97.7 Å². The van der Waals surface area contributed by atoms with Gasteiger partial charge >= 0.3 is 5.97 Å². The van der Waals surface area contributed by atoms with Gasteiger partial charge in [-0.2, -0.15) is 0 Å². The molecule has 3 aromatic rings. The fraction of sp³-hybridized carbons (Fsp3) is 0.474. The van der Waals surface area contributed by atoms with E-state index < -0.39 is 11.4 Å². The Morgan fingerprint density at radius 2 is 1.24 bits per heavy atom. The summed E-state index contributed by atoms with van der Waals surface area (Å²) >= 11 is 0. The number of carbonyl (C=O) groups excluding carboxylic acids is 2. The number of rotatable bonds is 13. The zero-order valence-electron chi connectivity index (χ0n) is 27.4. The molecule has 0 aliphatic rings. The second kappa shape index (κ2) is 13.3. The summed E-state index contributed by atoms with van der Waals surface area (Å²) in [5.74, 6) is 1.01. The number of benzene rings is 3. The molecule has 0 radical (unpaired) electrons. The Balaban J connectivity index is 1.80. The monoisotopic (exact) mass is 570 g/mol. The zero-order valence-corrected chi connectivity index (χ0v) is 27.4. The lowest BCUT2D eigenvalue weighted by Gasteiger charge is -2.31. The number of esters is 1. The molecule has 0 heterocycles. The van der Waals surface area contributed by atoms with Crippen LogP contribution in [0.5, 0.6) is 11.5 Å². The Hall–Kier alpha value is -3.40. The molecule has 3 aromatic carbocycles. The smallest absolute Gasteiger partial charge is 0.343 e. The largest absolute Gasteiger partial charge is 0.487 e. The number of hydrogen-bond acceptors (Lipinski definition) is 4. The molecule has 1 atom stereocenters. The summed E-state index contributed by atoms with van der Waals surface area (Å²) in [6, 6.07) is 19.3. The third-order valence-corrected chi connectivity index (χ3v) is 8.73. The van der Waals surface area contributed by atoms with Crippen molar-refractivity contribution in [2.45, 2.75) is 112 Å². The highest BCUT2D eigenvalue weighted by Crippen LogP contribution is 2.37. The van der Waals surface area contributed by atoms with Crippen molar-refractivity contribution >= 4 is 11.8 Å². The van der Waals surface area contributed by atoms with Crippen molar-refractivity contribution < 1.29 is 19.1 Å². The summed E-state index contributed by atoms with van der Waals surface area (Å²) < 4.78 is 12.3. The van der Waals surface area contributed by atoms with Crippen molar-refractivity contribution in [1.29, 1.82) is 0 Å². The second-order valence-electron chi connectivity index (χ2n) is 13.2. The molecule has 0 fully saturated rings. The van der Waals surface area contributed by atoms with Crippen LogP contribution in [0, 0.1) is 19.3 Å². The number of carbonyl (C=O) groups is 2. The molecule has 4 nitrogen and oxygen atoms in total. The first-order valence-corrected chi connectivity index (χ1v) is 15.5. The molecule has 0 amide bonds.